The summed E-state index contributed by atoms with van der Waals surface area (Å²) in [4.78, 5) is 71.0. The maximum atomic E-state index is 14.7. The van der Waals surface area contributed by atoms with Crippen LogP contribution in [0.25, 0.3) is 11.1 Å². The smallest absolute Gasteiger partial charge is 0.340 e. The summed E-state index contributed by atoms with van der Waals surface area (Å²) < 4.78 is 39.3. The monoisotopic (exact) mass is 1060 g/mol. The maximum absolute atomic E-state index is 14.7. The molecular weight excluding hydrogens is 1030 g/mol. The molecule has 2 heterocycles. The quantitative estimate of drug-likeness (QED) is 0.0592. The Morgan fingerprint density at radius 3 is 1.33 bits per heavy atom. The van der Waals surface area contributed by atoms with Crippen LogP contribution < -0.4 is 4.74 Å². The van der Waals surface area contributed by atoms with Gasteiger partial charge in [-0.05, 0) is 54.6 Å². The number of phenolic OH excluding ortho intramolecular Hbond substituents is 17. The van der Waals surface area contributed by atoms with Crippen molar-refractivity contribution in [1.29, 1.82) is 0 Å². The molecule has 29 heteroatoms. The fraction of sp³-hybridized carbons (Fsp3) is 0.128. The summed E-state index contributed by atoms with van der Waals surface area (Å²) in [6.45, 7) is -1.34. The SMILES string of the molecule is O=C(O[C@@H]1O[C@@H]2COC(=O)c3cc(Oc4ccc(O)c(O)c4O)c(O)c(O)c3-c3c(cc(O)c(O)c3O)C(=O)O[C@H]2[C@H](OC(=O)c2cc(O)c(O)c(O)c2)[C@H]1OC(=O)c1cc(O)c(O)c(O)c1)c1cc(O)c(O)c(O)c1. The van der Waals surface area contributed by atoms with E-state index in [1.165, 1.54) is 0 Å². The zero-order chi connectivity index (χ0) is 55.5. The Morgan fingerprint density at radius 1 is 0.421 bits per heavy atom. The third kappa shape index (κ3) is 9.12. The lowest BCUT2D eigenvalue weighted by atomic mass is 9.91. The second-order valence-corrected chi connectivity index (χ2v) is 16.1. The average molecular weight is 1060 g/mol. The van der Waals surface area contributed by atoms with Crippen LogP contribution in [0.1, 0.15) is 51.8 Å². The van der Waals surface area contributed by atoms with Crippen molar-refractivity contribution in [2.45, 2.75) is 30.7 Å². The first-order valence-corrected chi connectivity index (χ1v) is 21.0. The number of fused-ring (bicyclic) bond motifs is 4. The molecular formula is C47H34O29. The average Bonchev–Trinajstić information content (AvgIpc) is 3.41. The number of hydrogen-bond donors (Lipinski definition) is 17. The highest BCUT2D eigenvalue weighted by Crippen LogP contribution is 2.55. The van der Waals surface area contributed by atoms with Gasteiger partial charge in [-0.3, -0.25) is 0 Å². The first-order chi connectivity index (χ1) is 35.8. The summed E-state index contributed by atoms with van der Waals surface area (Å²) in [5.41, 5.74) is -7.02. The van der Waals surface area contributed by atoms with Crippen LogP contribution in [0.3, 0.4) is 0 Å². The number of aromatic hydroxyl groups is 17. The van der Waals surface area contributed by atoms with E-state index in [4.69, 9.17) is 33.2 Å². The van der Waals surface area contributed by atoms with Crippen molar-refractivity contribution in [3.8, 4) is 120 Å². The zero-order valence-electron chi connectivity index (χ0n) is 37.4. The molecule has 0 aliphatic carbocycles. The molecule has 2 aliphatic heterocycles. The number of esters is 5. The van der Waals surface area contributed by atoms with E-state index in [1.807, 2.05) is 0 Å². The minimum absolute atomic E-state index is 0.369. The van der Waals surface area contributed by atoms with Crippen LogP contribution in [0.5, 0.6) is 109 Å². The van der Waals surface area contributed by atoms with Crippen LogP contribution in [-0.2, 0) is 28.4 Å². The lowest BCUT2D eigenvalue weighted by molar-refractivity contribution is -0.282. The molecule has 17 N–H and O–H groups in total. The Bertz CT molecular complexity index is 3390. The Hall–Kier alpha value is -11.0. The molecule has 29 nitrogen and oxygen atoms in total. The highest BCUT2D eigenvalue weighted by molar-refractivity contribution is 6.08. The van der Waals surface area contributed by atoms with E-state index in [0.717, 1.165) is 12.1 Å². The maximum Gasteiger partial charge on any atom is 0.340 e. The minimum Gasteiger partial charge on any atom is -0.504 e. The predicted octanol–water partition coefficient (Wildman–Crippen LogP) is 2.87. The van der Waals surface area contributed by atoms with Crippen molar-refractivity contribution in [1.82, 2.24) is 0 Å². The molecule has 76 heavy (non-hydrogen) atoms. The van der Waals surface area contributed by atoms with Gasteiger partial charge in [-0.1, -0.05) is 0 Å². The van der Waals surface area contributed by atoms with E-state index in [-0.39, 0.29) is 0 Å². The number of cyclic esters (lactones) is 1. The molecule has 2 aliphatic rings. The van der Waals surface area contributed by atoms with Crippen molar-refractivity contribution in [3.05, 3.63) is 88.5 Å². The summed E-state index contributed by atoms with van der Waals surface area (Å²) in [5.74, 6) is -30.9. The highest BCUT2D eigenvalue weighted by Gasteiger charge is 2.55. The third-order valence-electron chi connectivity index (χ3n) is 11.3. The minimum atomic E-state index is -2.61. The summed E-state index contributed by atoms with van der Waals surface area (Å²) in [7, 11) is 0. The van der Waals surface area contributed by atoms with Gasteiger partial charge in [0.25, 0.3) is 0 Å². The molecule has 5 atom stereocenters. The fourth-order valence-electron chi connectivity index (χ4n) is 7.59. The number of benzene rings is 6. The second kappa shape index (κ2) is 19.2. The van der Waals surface area contributed by atoms with E-state index >= 15 is 0 Å². The number of carbonyl (C=O) groups is 5. The standard InChI is InChI=1S/C47H34O29/c48-17-1-2-25(35(61)33(17)59)71-26-10-16-29(38(64)36(26)62)28-15(9-24(55)34(60)37(28)63)46(69)73-39-27(11-70-45(16)68)72-47(76-44(67)14-7-22(53)32(58)23(54)8-14)41(75-43(66)13-5-20(51)31(57)21(52)6-13)40(39)74-42(65)12-3-18(49)30(56)19(50)4-12/h1-10,27,39-41,47-64H,11H2/t27-,39-,40+,41-,47+/m1/s1. The molecule has 396 valence electrons. The molecule has 0 radical (unpaired) electrons. The molecule has 1 saturated heterocycles. The predicted molar refractivity (Wildman–Crippen MR) is 238 cm³/mol. The third-order valence-corrected chi connectivity index (χ3v) is 11.3. The molecule has 0 saturated carbocycles. The van der Waals surface area contributed by atoms with Crippen molar-refractivity contribution < 1.29 is 144 Å². The summed E-state index contributed by atoms with van der Waals surface area (Å²) in [5, 5.41) is 177. The Balaban J connectivity index is 1.33. The Kier molecular flexibility index (Phi) is 13.0. The second-order valence-electron chi connectivity index (χ2n) is 16.1. The zero-order valence-corrected chi connectivity index (χ0v) is 37.4. The first-order valence-electron chi connectivity index (χ1n) is 21.0. The molecule has 0 unspecified atom stereocenters. The van der Waals surface area contributed by atoms with Crippen LogP contribution in [-0.4, -0.2) is 154 Å². The van der Waals surface area contributed by atoms with Crippen LogP contribution in [0.15, 0.2) is 60.7 Å². The molecule has 0 spiro atoms. The Morgan fingerprint density at radius 2 is 0.829 bits per heavy atom. The van der Waals surface area contributed by atoms with Gasteiger partial charge >= 0.3 is 29.8 Å². The molecule has 0 amide bonds. The topological polar surface area (TPSA) is 494 Å². The van der Waals surface area contributed by atoms with Crippen molar-refractivity contribution in [3.63, 3.8) is 0 Å². The van der Waals surface area contributed by atoms with E-state index in [0.29, 0.717) is 48.5 Å². The lowest BCUT2D eigenvalue weighted by Crippen LogP contribution is -2.63. The molecule has 1 fully saturated rings. The van der Waals surface area contributed by atoms with E-state index in [1.54, 1.807) is 0 Å². The number of carbonyl (C=O) groups excluding carboxylic acids is 5. The number of ether oxygens (including phenoxy) is 7. The van der Waals surface area contributed by atoms with E-state index in [2.05, 4.69) is 0 Å². The molecule has 6 aromatic carbocycles. The van der Waals surface area contributed by atoms with Gasteiger partial charge in [-0.25, -0.2) is 24.0 Å². The number of rotatable bonds is 8. The number of hydrogen-bond acceptors (Lipinski definition) is 29. The van der Waals surface area contributed by atoms with Gasteiger partial charge in [0.1, 0.15) is 12.7 Å². The summed E-state index contributed by atoms with van der Waals surface area (Å²) in [6.07, 6.45) is -12.6. The van der Waals surface area contributed by atoms with Crippen LogP contribution in [0.4, 0.5) is 0 Å². The Labute approximate surface area is 419 Å². The molecule has 0 aromatic heterocycles. The van der Waals surface area contributed by atoms with Gasteiger partial charge in [0.15, 0.2) is 98.5 Å². The highest BCUT2D eigenvalue weighted by atomic mass is 16.7. The van der Waals surface area contributed by atoms with Gasteiger partial charge in [-0.15, -0.1) is 0 Å². The summed E-state index contributed by atoms with van der Waals surface area (Å²) in [6, 6.07) is 5.70. The largest absolute Gasteiger partial charge is 0.504 e. The van der Waals surface area contributed by atoms with Crippen LogP contribution >= 0.6 is 0 Å². The number of phenols is 17. The van der Waals surface area contributed by atoms with Gasteiger partial charge in [0.05, 0.1) is 27.8 Å². The van der Waals surface area contributed by atoms with Crippen molar-refractivity contribution >= 4 is 29.8 Å². The van der Waals surface area contributed by atoms with Gasteiger partial charge in [0, 0.05) is 17.2 Å². The first kappa shape index (κ1) is 51.4. The van der Waals surface area contributed by atoms with Crippen LogP contribution in [0.2, 0.25) is 0 Å². The summed E-state index contributed by atoms with van der Waals surface area (Å²) >= 11 is 0. The van der Waals surface area contributed by atoms with Crippen molar-refractivity contribution in [2.75, 3.05) is 6.61 Å². The van der Waals surface area contributed by atoms with Gasteiger partial charge < -0.3 is 120 Å². The lowest BCUT2D eigenvalue weighted by Gasteiger charge is -2.43. The van der Waals surface area contributed by atoms with Gasteiger partial charge in [-0.2, -0.15) is 0 Å². The van der Waals surface area contributed by atoms with E-state index < -0.39 is 215 Å². The fourth-order valence-corrected chi connectivity index (χ4v) is 7.59. The molecule has 8 rings (SSSR count). The van der Waals surface area contributed by atoms with Crippen molar-refractivity contribution in [2.24, 2.45) is 0 Å². The van der Waals surface area contributed by atoms with Crippen LogP contribution in [0, 0.1) is 0 Å². The molecule has 0 bridgehead atoms. The normalized spacial score (nSPS) is 18.0. The van der Waals surface area contributed by atoms with Gasteiger partial charge in [0.2, 0.25) is 35.4 Å². The van der Waals surface area contributed by atoms with E-state index in [9.17, 15) is 111 Å². The molecule has 6 aromatic rings.